The van der Waals surface area contributed by atoms with E-state index in [1.54, 1.807) is 6.07 Å². The van der Waals surface area contributed by atoms with Crippen LogP contribution in [0.3, 0.4) is 0 Å². The Bertz CT molecular complexity index is 618. The summed E-state index contributed by atoms with van der Waals surface area (Å²) in [7, 11) is -3.85. The number of benzene rings is 1. The monoisotopic (exact) mass is 436 g/mol. The number of rotatable bonds is 16. The first-order valence-electron chi connectivity index (χ1n) is 10.3. The van der Waals surface area contributed by atoms with Gasteiger partial charge in [0.15, 0.2) is 0 Å². The third-order valence-corrected chi connectivity index (χ3v) is 6.68. The van der Waals surface area contributed by atoms with Gasteiger partial charge in [0.25, 0.3) is 10.1 Å². The van der Waals surface area contributed by atoms with Crippen molar-refractivity contribution < 1.29 is 12.6 Å². The highest BCUT2D eigenvalue weighted by Gasteiger charge is 2.19. The maximum atomic E-state index is 12.2. The molecule has 0 aliphatic heterocycles. The lowest BCUT2D eigenvalue weighted by Crippen LogP contribution is -2.08. The molecule has 0 aromatic heterocycles. The average molecular weight is 437 g/mol. The molecule has 27 heavy (non-hydrogen) atoms. The molecule has 156 valence electrons. The van der Waals surface area contributed by atoms with E-state index in [2.05, 4.69) is 6.92 Å². The van der Waals surface area contributed by atoms with Crippen LogP contribution in [-0.4, -0.2) is 15.0 Å². The van der Waals surface area contributed by atoms with Crippen molar-refractivity contribution in [2.45, 2.75) is 95.3 Å². The molecule has 0 N–H and O–H groups in total. The molecule has 0 unspecified atom stereocenters. The minimum atomic E-state index is -3.85. The summed E-state index contributed by atoms with van der Waals surface area (Å²) in [5, 5.41) is 0.451. The van der Waals surface area contributed by atoms with Crippen molar-refractivity contribution in [3.8, 4) is 0 Å². The van der Waals surface area contributed by atoms with Crippen LogP contribution < -0.4 is 0 Å². The number of hydrogen-bond acceptors (Lipinski definition) is 3. The quantitative estimate of drug-likeness (QED) is 0.196. The Hall–Kier alpha value is -0.290. The van der Waals surface area contributed by atoms with Gasteiger partial charge < -0.3 is 0 Å². The molecular formula is C21H34Cl2O3S. The fourth-order valence-electron chi connectivity index (χ4n) is 3.02. The normalized spacial score (nSPS) is 11.8. The van der Waals surface area contributed by atoms with Crippen LogP contribution >= 0.6 is 23.2 Å². The zero-order chi connectivity index (χ0) is 20.0. The second-order valence-corrected chi connectivity index (χ2v) is 9.52. The molecule has 0 bridgehead atoms. The van der Waals surface area contributed by atoms with Crippen molar-refractivity contribution in [1.29, 1.82) is 0 Å². The van der Waals surface area contributed by atoms with E-state index in [0.717, 1.165) is 19.3 Å². The first-order chi connectivity index (χ1) is 13.0. The number of unbranched alkanes of at least 4 members (excludes halogenated alkanes) is 12. The first kappa shape index (κ1) is 24.7. The van der Waals surface area contributed by atoms with Crippen LogP contribution in [0.4, 0.5) is 0 Å². The molecule has 1 aromatic carbocycles. The topological polar surface area (TPSA) is 43.4 Å². The van der Waals surface area contributed by atoms with Gasteiger partial charge in [-0.15, -0.1) is 0 Å². The van der Waals surface area contributed by atoms with Gasteiger partial charge in [-0.2, -0.15) is 8.42 Å². The predicted molar refractivity (Wildman–Crippen MR) is 115 cm³/mol. The first-order valence-corrected chi connectivity index (χ1v) is 12.5. The molecule has 0 aliphatic carbocycles. The van der Waals surface area contributed by atoms with Crippen LogP contribution in [-0.2, 0) is 14.3 Å². The van der Waals surface area contributed by atoms with E-state index in [1.165, 1.54) is 76.3 Å². The summed E-state index contributed by atoms with van der Waals surface area (Å²) < 4.78 is 29.4. The molecule has 1 rings (SSSR count). The van der Waals surface area contributed by atoms with Gasteiger partial charge in [-0.25, -0.2) is 0 Å². The van der Waals surface area contributed by atoms with E-state index in [9.17, 15) is 8.42 Å². The summed E-state index contributed by atoms with van der Waals surface area (Å²) in [5.74, 6) is 0. The lowest BCUT2D eigenvalue weighted by atomic mass is 10.0. The molecule has 1 aromatic rings. The molecule has 0 saturated carbocycles. The highest BCUT2D eigenvalue weighted by Crippen LogP contribution is 2.26. The summed E-state index contributed by atoms with van der Waals surface area (Å²) in [6, 6.07) is 4.34. The van der Waals surface area contributed by atoms with Gasteiger partial charge in [-0.3, -0.25) is 4.18 Å². The maximum Gasteiger partial charge on any atom is 0.298 e. The molecule has 3 nitrogen and oxygen atoms in total. The summed E-state index contributed by atoms with van der Waals surface area (Å²) in [4.78, 5) is -0.0636. The smallest absolute Gasteiger partial charge is 0.266 e. The Labute approximate surface area is 175 Å². The minimum absolute atomic E-state index is 0.0636. The molecule has 0 aliphatic rings. The van der Waals surface area contributed by atoms with Gasteiger partial charge in [0, 0.05) is 5.02 Å². The van der Waals surface area contributed by atoms with Crippen LogP contribution in [0.5, 0.6) is 0 Å². The van der Waals surface area contributed by atoms with Gasteiger partial charge in [0.2, 0.25) is 0 Å². The van der Waals surface area contributed by atoms with Crippen LogP contribution in [0.25, 0.3) is 0 Å². The highest BCUT2D eigenvalue weighted by atomic mass is 35.5. The zero-order valence-electron chi connectivity index (χ0n) is 16.5. The van der Waals surface area contributed by atoms with Gasteiger partial charge in [0.1, 0.15) is 4.90 Å². The van der Waals surface area contributed by atoms with Gasteiger partial charge >= 0.3 is 0 Å². The third kappa shape index (κ3) is 11.3. The van der Waals surface area contributed by atoms with E-state index in [0.29, 0.717) is 5.02 Å². The molecular weight excluding hydrogens is 403 g/mol. The lowest BCUT2D eigenvalue weighted by molar-refractivity contribution is 0.306. The predicted octanol–water partition coefficient (Wildman–Crippen LogP) is 7.79. The van der Waals surface area contributed by atoms with E-state index in [-0.39, 0.29) is 16.5 Å². The zero-order valence-corrected chi connectivity index (χ0v) is 18.8. The fourth-order valence-corrected chi connectivity index (χ4v) is 4.70. The second-order valence-electron chi connectivity index (χ2n) is 7.09. The van der Waals surface area contributed by atoms with E-state index >= 15 is 0 Å². The molecule has 0 spiro atoms. The van der Waals surface area contributed by atoms with Crippen LogP contribution in [0.1, 0.15) is 90.4 Å². The average Bonchev–Trinajstić information content (AvgIpc) is 2.64. The Balaban J connectivity index is 2.02. The van der Waals surface area contributed by atoms with Crippen LogP contribution in [0.15, 0.2) is 23.1 Å². The van der Waals surface area contributed by atoms with Crippen molar-refractivity contribution in [3.63, 3.8) is 0 Å². The summed E-state index contributed by atoms with van der Waals surface area (Å²) in [6.45, 7) is 2.43. The van der Waals surface area contributed by atoms with Crippen molar-refractivity contribution in [2.24, 2.45) is 0 Å². The number of halogens is 2. The van der Waals surface area contributed by atoms with Gasteiger partial charge in [0.05, 0.1) is 11.6 Å². The highest BCUT2D eigenvalue weighted by molar-refractivity contribution is 7.86. The molecule has 0 atom stereocenters. The van der Waals surface area contributed by atoms with E-state index in [4.69, 9.17) is 27.4 Å². The second kappa shape index (κ2) is 14.7. The third-order valence-electron chi connectivity index (χ3n) is 4.65. The molecule has 0 fully saturated rings. The number of hydrogen-bond donors (Lipinski definition) is 0. The van der Waals surface area contributed by atoms with Crippen LogP contribution in [0, 0.1) is 0 Å². The fraction of sp³-hybridized carbons (Fsp3) is 0.714. The Morgan fingerprint density at radius 1 is 0.778 bits per heavy atom. The molecule has 0 amide bonds. The van der Waals surface area contributed by atoms with E-state index < -0.39 is 10.1 Å². The minimum Gasteiger partial charge on any atom is -0.266 e. The van der Waals surface area contributed by atoms with Gasteiger partial charge in [-0.05, 0) is 24.6 Å². The summed E-state index contributed by atoms with van der Waals surface area (Å²) in [5.41, 5.74) is 0. The summed E-state index contributed by atoms with van der Waals surface area (Å²) >= 11 is 11.8. The van der Waals surface area contributed by atoms with Crippen molar-refractivity contribution in [1.82, 2.24) is 0 Å². The van der Waals surface area contributed by atoms with Crippen molar-refractivity contribution >= 4 is 33.3 Å². The SMILES string of the molecule is CCCCCCCCCCCCCCCOS(=O)(=O)c1cc(Cl)ccc1Cl. The van der Waals surface area contributed by atoms with Crippen molar-refractivity contribution in [3.05, 3.63) is 28.2 Å². The summed E-state index contributed by atoms with van der Waals surface area (Å²) in [6.07, 6.45) is 16.2. The Morgan fingerprint density at radius 3 is 1.78 bits per heavy atom. The standard InChI is InChI=1S/C21H34Cl2O3S/c1-2-3-4-5-6-7-8-9-10-11-12-13-14-17-26-27(24,25)21-18-19(22)15-16-20(21)23/h15-16,18H,2-14,17H2,1H3. The van der Waals surface area contributed by atoms with Gasteiger partial charge in [-0.1, -0.05) is 107 Å². The largest absolute Gasteiger partial charge is 0.298 e. The molecule has 0 saturated heterocycles. The molecule has 0 heterocycles. The van der Waals surface area contributed by atoms with E-state index in [1.807, 2.05) is 0 Å². The Kier molecular flexibility index (Phi) is 13.4. The maximum absolute atomic E-state index is 12.2. The lowest BCUT2D eigenvalue weighted by Gasteiger charge is -2.08. The molecule has 6 heteroatoms. The Morgan fingerprint density at radius 2 is 1.26 bits per heavy atom. The molecule has 0 radical (unpaired) electrons. The van der Waals surface area contributed by atoms with Crippen molar-refractivity contribution in [2.75, 3.05) is 6.61 Å². The van der Waals surface area contributed by atoms with Crippen LogP contribution in [0.2, 0.25) is 10.0 Å².